The molecule has 0 bridgehead atoms. The molecule has 0 aliphatic carbocycles. The first-order chi connectivity index (χ1) is 31.7. The maximum absolute atomic E-state index is 11.1. The number of phenols is 2. The molecule has 2 N–H and O–H groups in total. The van der Waals surface area contributed by atoms with Crippen LogP contribution in [0.5, 0.6) is 23.0 Å². The number of para-hydroxylation sites is 4. The summed E-state index contributed by atoms with van der Waals surface area (Å²) in [6.07, 6.45) is 6.87. The third kappa shape index (κ3) is 14.8. The zero-order chi connectivity index (χ0) is 49.4. The zero-order valence-corrected chi connectivity index (χ0v) is 43.8. The molecule has 0 aliphatic heterocycles. The quantitative estimate of drug-likeness (QED) is 0.0647. The summed E-state index contributed by atoms with van der Waals surface area (Å²) < 4.78 is 11.4. The van der Waals surface area contributed by atoms with Gasteiger partial charge in [0.1, 0.15) is 47.6 Å². The first-order valence-electron chi connectivity index (χ1n) is 22.3. The molecule has 0 heterocycles. The van der Waals surface area contributed by atoms with E-state index in [1.54, 1.807) is 24.6 Å². The Morgan fingerprint density at radius 3 is 1.12 bits per heavy atom. The standard InChI is InChI=1S/2C29H33NO2.2ClH.Ti/c2*1-7-17-32-26-16-12-11-15-25(26)30-20-21-18-23(19-24(27(21)31)28(2,3)4)29(5,6)22-13-9-8-10-14-22;;;/h2*7-16,18-20,31H,1,17H2,2-6H3;2*1H;/q;;;;+2/p-2. The van der Waals surface area contributed by atoms with Crippen LogP contribution in [0, 0.1) is 0 Å². The summed E-state index contributed by atoms with van der Waals surface area (Å²) in [5.41, 5.74) is 8.38. The summed E-state index contributed by atoms with van der Waals surface area (Å²) in [5.74, 6) is 1.89. The van der Waals surface area contributed by atoms with Crippen LogP contribution in [0.1, 0.15) is 114 Å². The molecule has 350 valence electrons. The van der Waals surface area contributed by atoms with Crippen LogP contribution in [-0.4, -0.2) is 35.9 Å². The second-order valence-corrected chi connectivity index (χ2v) is 21.7. The van der Waals surface area contributed by atoms with Crippen LogP contribution in [0.25, 0.3) is 0 Å². The number of benzene rings is 6. The number of phenolic OH excluding ortho intramolecular Hbond substituents is 2. The molecule has 6 aromatic rings. The van der Waals surface area contributed by atoms with Gasteiger partial charge in [0.05, 0.1) is 0 Å². The van der Waals surface area contributed by atoms with Crippen LogP contribution < -0.4 is 9.47 Å². The fraction of sp³-hybridized carbons (Fsp3) is 0.276. The maximum atomic E-state index is 11.1. The number of hydrogen-bond donors (Lipinski definition) is 2. The summed E-state index contributed by atoms with van der Waals surface area (Å²) in [5, 5.41) is 22.3. The first kappa shape index (κ1) is 54.2. The molecule has 0 radical (unpaired) electrons. The fourth-order valence-electron chi connectivity index (χ4n) is 7.37. The van der Waals surface area contributed by atoms with Gasteiger partial charge in [-0.2, -0.15) is 0 Å². The minimum atomic E-state index is -0.556. The molecule has 0 saturated carbocycles. The van der Waals surface area contributed by atoms with E-state index in [1.807, 2.05) is 72.8 Å². The monoisotopic (exact) mass is 972 g/mol. The number of rotatable bonds is 14. The van der Waals surface area contributed by atoms with Crippen molar-refractivity contribution in [2.75, 3.05) is 13.2 Å². The average molecular weight is 974 g/mol. The van der Waals surface area contributed by atoms with Crippen LogP contribution in [0.3, 0.4) is 0 Å². The molecule has 0 fully saturated rings. The predicted molar refractivity (Wildman–Crippen MR) is 281 cm³/mol. The van der Waals surface area contributed by atoms with Gasteiger partial charge in [-0.05, 0) is 69.5 Å². The van der Waals surface area contributed by atoms with Gasteiger partial charge in [0, 0.05) is 45.5 Å². The zero-order valence-electron chi connectivity index (χ0n) is 40.7. The Morgan fingerprint density at radius 2 is 0.806 bits per heavy atom. The van der Waals surface area contributed by atoms with E-state index in [1.165, 1.54) is 11.1 Å². The third-order valence-corrected chi connectivity index (χ3v) is 11.5. The van der Waals surface area contributed by atoms with E-state index in [2.05, 4.69) is 153 Å². The molecule has 67 heavy (non-hydrogen) atoms. The van der Waals surface area contributed by atoms with Gasteiger partial charge in [-0.1, -0.05) is 192 Å². The fourth-order valence-corrected chi connectivity index (χ4v) is 7.37. The summed E-state index contributed by atoms with van der Waals surface area (Å²) in [7, 11) is 9.78. The Balaban J connectivity index is 0.000000276. The second kappa shape index (κ2) is 24.6. The van der Waals surface area contributed by atoms with Crippen molar-refractivity contribution < 1.29 is 36.7 Å². The van der Waals surface area contributed by atoms with Crippen LogP contribution in [0.2, 0.25) is 0 Å². The second-order valence-electron chi connectivity index (χ2n) is 19.1. The molecule has 0 unspecified atom stereocenters. The molecule has 0 spiro atoms. The molecular formula is C58H66Cl2N2O4Ti. The van der Waals surface area contributed by atoms with Gasteiger partial charge in [-0.15, -0.1) is 0 Å². The first-order valence-corrected chi connectivity index (χ1v) is 26.6. The van der Waals surface area contributed by atoms with Crippen molar-refractivity contribution in [2.24, 2.45) is 9.98 Å². The Labute approximate surface area is 416 Å². The SMILES string of the molecule is C=CCOc1ccccc1N=Cc1cc(C(C)(C)c2ccccc2)cc(C(C)(C)C)c1O.C=CCOc1ccccc1N=Cc1cc(C(C)(C)c2ccccc2)cc(C(C)(C)C)c1O.[Cl][Ti][Cl]. The third-order valence-electron chi connectivity index (χ3n) is 11.5. The van der Waals surface area contributed by atoms with Crippen molar-refractivity contribution in [1.29, 1.82) is 0 Å². The van der Waals surface area contributed by atoms with Gasteiger partial charge >= 0.3 is 35.6 Å². The Bertz CT molecular complexity index is 2430. The topological polar surface area (TPSA) is 83.6 Å². The van der Waals surface area contributed by atoms with Gasteiger partial charge in [-0.25, -0.2) is 0 Å². The Kier molecular flexibility index (Phi) is 19.9. The summed E-state index contributed by atoms with van der Waals surface area (Å²) in [4.78, 5) is 9.33. The summed E-state index contributed by atoms with van der Waals surface area (Å²) >= 11 is -0.556. The van der Waals surface area contributed by atoms with Crippen LogP contribution >= 0.6 is 18.6 Å². The van der Waals surface area contributed by atoms with Crippen LogP contribution in [0.15, 0.2) is 169 Å². The molecule has 0 atom stereocenters. The molecule has 9 heteroatoms. The molecule has 6 rings (SSSR count). The van der Waals surface area contributed by atoms with Crippen molar-refractivity contribution >= 4 is 42.4 Å². The molecular weight excluding hydrogens is 907 g/mol. The number of halogens is 2. The average Bonchev–Trinajstić information content (AvgIpc) is 3.30. The number of aliphatic imine (C=N–C) groups is 2. The van der Waals surface area contributed by atoms with E-state index in [-0.39, 0.29) is 33.2 Å². The van der Waals surface area contributed by atoms with E-state index < -0.39 is 17.0 Å². The number of aromatic hydroxyl groups is 2. The van der Waals surface area contributed by atoms with Gasteiger partial charge in [-0.3, -0.25) is 9.98 Å². The van der Waals surface area contributed by atoms with E-state index in [9.17, 15) is 10.2 Å². The van der Waals surface area contributed by atoms with Crippen molar-refractivity contribution in [1.82, 2.24) is 0 Å². The number of ether oxygens (including phenoxy) is 2. The van der Waals surface area contributed by atoms with Crippen molar-refractivity contribution in [2.45, 2.75) is 90.9 Å². The van der Waals surface area contributed by atoms with Crippen molar-refractivity contribution in [3.8, 4) is 23.0 Å². The summed E-state index contributed by atoms with van der Waals surface area (Å²) in [6, 6.07) is 44.4. The van der Waals surface area contributed by atoms with E-state index in [0.717, 1.165) is 22.3 Å². The van der Waals surface area contributed by atoms with Gasteiger partial charge in [0.15, 0.2) is 0 Å². The van der Waals surface area contributed by atoms with E-state index >= 15 is 0 Å². The van der Waals surface area contributed by atoms with Crippen molar-refractivity contribution in [3.63, 3.8) is 0 Å². The van der Waals surface area contributed by atoms with Crippen molar-refractivity contribution in [3.05, 3.63) is 203 Å². The minimum absolute atomic E-state index is 0.222. The molecule has 0 aliphatic rings. The Morgan fingerprint density at radius 1 is 0.493 bits per heavy atom. The van der Waals surface area contributed by atoms with Gasteiger partial charge in [0.2, 0.25) is 0 Å². The van der Waals surface area contributed by atoms with Crippen LogP contribution in [-0.2, 0) is 38.7 Å². The van der Waals surface area contributed by atoms with E-state index in [4.69, 9.17) is 28.1 Å². The normalized spacial score (nSPS) is 11.8. The van der Waals surface area contributed by atoms with Gasteiger partial charge in [0.25, 0.3) is 0 Å². The number of hydrogen-bond acceptors (Lipinski definition) is 6. The molecule has 0 amide bonds. The molecule has 0 aromatic heterocycles. The Hall–Kier alpha value is -5.37. The summed E-state index contributed by atoms with van der Waals surface area (Å²) in [6.45, 7) is 29.7. The molecule has 6 nitrogen and oxygen atoms in total. The predicted octanol–water partition coefficient (Wildman–Crippen LogP) is 16.0. The van der Waals surface area contributed by atoms with Crippen LogP contribution in [0.4, 0.5) is 11.4 Å². The van der Waals surface area contributed by atoms with Gasteiger partial charge < -0.3 is 19.7 Å². The van der Waals surface area contributed by atoms with E-state index in [0.29, 0.717) is 47.2 Å². The molecule has 0 saturated heterocycles. The molecule has 6 aromatic carbocycles. The number of nitrogens with zero attached hydrogens (tertiary/aromatic N) is 2.